The number of rotatable bonds is 8. The van der Waals surface area contributed by atoms with Crippen molar-refractivity contribution < 1.29 is 19.7 Å². The van der Waals surface area contributed by atoms with E-state index in [-0.39, 0.29) is 13.2 Å². The predicted octanol–water partition coefficient (Wildman–Crippen LogP) is 3.59. The van der Waals surface area contributed by atoms with Gasteiger partial charge in [0.2, 0.25) is 5.95 Å². The highest BCUT2D eigenvalue weighted by molar-refractivity contribution is 5.85. The van der Waals surface area contributed by atoms with Gasteiger partial charge in [-0.25, -0.2) is 9.97 Å². The number of benzene rings is 2. The Labute approximate surface area is 222 Å². The summed E-state index contributed by atoms with van der Waals surface area (Å²) in [6.07, 6.45) is 8.00. The minimum absolute atomic E-state index is 0.0383. The van der Waals surface area contributed by atoms with Crippen LogP contribution in [0.5, 0.6) is 5.75 Å². The van der Waals surface area contributed by atoms with E-state index in [1.807, 2.05) is 35.2 Å². The van der Waals surface area contributed by atoms with Gasteiger partial charge in [0.25, 0.3) is 0 Å². The first-order valence-electron chi connectivity index (χ1n) is 12.9. The number of ether oxygens (including phenoxy) is 2. The molecule has 1 aliphatic rings. The first-order valence-corrected chi connectivity index (χ1v) is 12.9. The van der Waals surface area contributed by atoms with Gasteiger partial charge in [0.05, 0.1) is 32.1 Å². The molecule has 3 heterocycles. The first-order chi connectivity index (χ1) is 18.7. The summed E-state index contributed by atoms with van der Waals surface area (Å²) in [4.78, 5) is 11.2. The second-order valence-corrected chi connectivity index (χ2v) is 9.08. The van der Waals surface area contributed by atoms with Crippen molar-refractivity contribution in [3.8, 4) is 17.0 Å². The third kappa shape index (κ3) is 6.38. The number of nitrogens with one attached hydrogen (secondary N) is 1. The normalized spacial score (nSPS) is 14.4. The molecule has 0 unspecified atom stereocenters. The summed E-state index contributed by atoms with van der Waals surface area (Å²) in [5.74, 6) is 1.24. The molecule has 4 aromatic rings. The van der Waals surface area contributed by atoms with Gasteiger partial charge in [-0.2, -0.15) is 0 Å². The van der Waals surface area contributed by atoms with E-state index in [9.17, 15) is 10.2 Å². The molecule has 0 spiro atoms. The van der Waals surface area contributed by atoms with Gasteiger partial charge in [0.15, 0.2) is 0 Å². The zero-order chi connectivity index (χ0) is 26.2. The number of aliphatic hydroxyl groups is 2. The van der Waals surface area contributed by atoms with Gasteiger partial charge in [0, 0.05) is 60.9 Å². The first kappa shape index (κ1) is 25.9. The SMILES string of the molecule is OCCN(CCO)CCOc1ccc2cc1COC/C=C/Cn1ccc3ccc(cc31)-c1ccnc(n1)N2. The standard InChI is InChI=1S/C29H33N5O4/c35-15-12-33(13-16-36)14-18-38-28-6-5-25-19-24(28)21-37-17-2-1-10-34-11-8-22-3-4-23(20-27(22)34)26-7-9-30-29(31-25)32-26/h1-9,11,19-20,35-36H,10,12-18,21H2,(H,30,31,32)/b2-1+. The molecule has 0 aliphatic carbocycles. The van der Waals surface area contributed by atoms with E-state index in [0.29, 0.717) is 45.4 Å². The maximum Gasteiger partial charge on any atom is 0.227 e. The number of nitrogens with zero attached hydrogens (tertiary/aromatic N) is 4. The largest absolute Gasteiger partial charge is 0.492 e. The van der Waals surface area contributed by atoms with Crippen LogP contribution in [0.2, 0.25) is 0 Å². The van der Waals surface area contributed by atoms with Crippen LogP contribution in [0.1, 0.15) is 5.56 Å². The summed E-state index contributed by atoms with van der Waals surface area (Å²) in [5.41, 5.74) is 4.75. The second-order valence-electron chi connectivity index (χ2n) is 9.08. The Hall–Kier alpha value is -3.76. The number of aliphatic hydroxyl groups excluding tert-OH is 2. The lowest BCUT2D eigenvalue weighted by Gasteiger charge is -2.21. The number of hydrogen-bond donors (Lipinski definition) is 3. The van der Waals surface area contributed by atoms with Gasteiger partial charge < -0.3 is 29.6 Å². The molecule has 9 nitrogen and oxygen atoms in total. The molecule has 0 amide bonds. The molecular weight excluding hydrogens is 482 g/mol. The Morgan fingerprint density at radius 1 is 1.00 bits per heavy atom. The van der Waals surface area contributed by atoms with Gasteiger partial charge in [-0.15, -0.1) is 0 Å². The predicted molar refractivity (Wildman–Crippen MR) is 148 cm³/mol. The smallest absolute Gasteiger partial charge is 0.227 e. The van der Waals surface area contributed by atoms with Crippen LogP contribution in [-0.4, -0.2) is 75.7 Å². The van der Waals surface area contributed by atoms with E-state index < -0.39 is 0 Å². The molecule has 9 heteroatoms. The lowest BCUT2D eigenvalue weighted by atomic mass is 10.1. The quantitative estimate of drug-likeness (QED) is 0.306. The Bertz CT molecular complexity index is 1380. The topological polar surface area (TPSA) is 105 Å². The molecule has 198 valence electrons. The van der Waals surface area contributed by atoms with Crippen molar-refractivity contribution in [1.29, 1.82) is 0 Å². The Morgan fingerprint density at radius 2 is 1.89 bits per heavy atom. The van der Waals surface area contributed by atoms with Gasteiger partial charge in [0.1, 0.15) is 12.4 Å². The molecule has 5 rings (SSSR count). The molecule has 0 saturated carbocycles. The maximum absolute atomic E-state index is 9.24. The van der Waals surface area contributed by atoms with Crippen molar-refractivity contribution >= 4 is 22.5 Å². The van der Waals surface area contributed by atoms with E-state index in [0.717, 1.165) is 40.3 Å². The molecule has 2 aromatic heterocycles. The molecule has 38 heavy (non-hydrogen) atoms. The molecule has 0 radical (unpaired) electrons. The molecular formula is C29H33N5O4. The molecule has 2 aromatic carbocycles. The minimum Gasteiger partial charge on any atom is -0.492 e. The van der Waals surface area contributed by atoms with E-state index in [2.05, 4.69) is 51.4 Å². The zero-order valence-corrected chi connectivity index (χ0v) is 21.3. The highest BCUT2D eigenvalue weighted by atomic mass is 16.5. The fourth-order valence-corrected chi connectivity index (χ4v) is 4.52. The Kier molecular flexibility index (Phi) is 8.62. The van der Waals surface area contributed by atoms with Crippen molar-refractivity contribution in [2.45, 2.75) is 13.2 Å². The van der Waals surface area contributed by atoms with Crippen LogP contribution in [0.3, 0.4) is 0 Å². The van der Waals surface area contributed by atoms with Crippen molar-refractivity contribution in [2.75, 3.05) is 51.4 Å². The third-order valence-electron chi connectivity index (χ3n) is 6.48. The van der Waals surface area contributed by atoms with Crippen LogP contribution in [0.4, 0.5) is 11.6 Å². The summed E-state index contributed by atoms with van der Waals surface area (Å²) in [7, 11) is 0. The zero-order valence-electron chi connectivity index (χ0n) is 21.3. The summed E-state index contributed by atoms with van der Waals surface area (Å²) in [6.45, 7) is 3.68. The summed E-state index contributed by atoms with van der Waals surface area (Å²) < 4.78 is 14.3. The number of anilines is 2. The average Bonchev–Trinajstić information content (AvgIpc) is 3.34. The van der Waals surface area contributed by atoms with Crippen LogP contribution in [0, 0.1) is 0 Å². The average molecular weight is 516 g/mol. The van der Waals surface area contributed by atoms with Crippen molar-refractivity contribution in [3.63, 3.8) is 0 Å². The van der Waals surface area contributed by atoms with Gasteiger partial charge in [-0.3, -0.25) is 4.90 Å². The highest BCUT2D eigenvalue weighted by Gasteiger charge is 2.11. The highest BCUT2D eigenvalue weighted by Crippen LogP contribution is 2.28. The summed E-state index contributed by atoms with van der Waals surface area (Å²) >= 11 is 0. The summed E-state index contributed by atoms with van der Waals surface area (Å²) in [6, 6.07) is 16.2. The van der Waals surface area contributed by atoms with Crippen LogP contribution in [0.25, 0.3) is 22.2 Å². The maximum atomic E-state index is 9.24. The molecule has 0 saturated heterocycles. The van der Waals surface area contributed by atoms with Crippen LogP contribution < -0.4 is 10.1 Å². The van der Waals surface area contributed by atoms with E-state index in [1.165, 1.54) is 5.39 Å². The molecule has 0 atom stereocenters. The summed E-state index contributed by atoms with van der Waals surface area (Å²) in [5, 5.41) is 23.0. The second kappa shape index (κ2) is 12.7. The van der Waals surface area contributed by atoms with Crippen molar-refractivity contribution in [1.82, 2.24) is 19.4 Å². The number of allylic oxidation sites excluding steroid dienone is 1. The molecule has 3 N–H and O–H groups in total. The molecule has 0 fully saturated rings. The van der Waals surface area contributed by atoms with Gasteiger partial charge >= 0.3 is 0 Å². The lowest BCUT2D eigenvalue weighted by molar-refractivity contribution is 0.134. The van der Waals surface area contributed by atoms with Crippen LogP contribution in [-0.2, 0) is 17.9 Å². The van der Waals surface area contributed by atoms with Gasteiger partial charge in [-0.1, -0.05) is 24.3 Å². The fraction of sp³-hybridized carbons (Fsp3) is 0.310. The van der Waals surface area contributed by atoms with E-state index in [1.54, 1.807) is 6.20 Å². The monoisotopic (exact) mass is 515 g/mol. The third-order valence-corrected chi connectivity index (χ3v) is 6.48. The Balaban J connectivity index is 1.39. The minimum atomic E-state index is 0.0383. The Morgan fingerprint density at radius 3 is 2.76 bits per heavy atom. The number of aromatic nitrogens is 3. The number of hydrogen-bond acceptors (Lipinski definition) is 8. The lowest BCUT2D eigenvalue weighted by Crippen LogP contribution is -2.33. The van der Waals surface area contributed by atoms with E-state index >= 15 is 0 Å². The molecule has 1 aliphatic heterocycles. The van der Waals surface area contributed by atoms with Crippen molar-refractivity contribution in [3.05, 3.63) is 78.6 Å². The van der Waals surface area contributed by atoms with Gasteiger partial charge in [-0.05, 0) is 41.8 Å². The fourth-order valence-electron chi connectivity index (χ4n) is 4.52. The van der Waals surface area contributed by atoms with Crippen LogP contribution >= 0.6 is 0 Å². The van der Waals surface area contributed by atoms with Crippen molar-refractivity contribution in [2.24, 2.45) is 0 Å². The van der Waals surface area contributed by atoms with E-state index in [4.69, 9.17) is 14.5 Å². The van der Waals surface area contributed by atoms with Crippen LogP contribution in [0.15, 0.2) is 73.1 Å². The molecule has 6 bridgehead atoms. The number of fused-ring (bicyclic) bond motifs is 6.